The molecule has 0 bridgehead atoms. The zero-order chi connectivity index (χ0) is 21.4. The van der Waals surface area contributed by atoms with Crippen molar-refractivity contribution >= 4 is 27.0 Å². The van der Waals surface area contributed by atoms with E-state index in [1.807, 2.05) is 11.4 Å². The number of rotatable bonds is 9. The highest BCUT2D eigenvalue weighted by molar-refractivity contribution is 7.92. The van der Waals surface area contributed by atoms with E-state index in [-0.39, 0.29) is 17.0 Å². The molecule has 0 unspecified atom stereocenters. The van der Waals surface area contributed by atoms with Crippen molar-refractivity contribution in [2.75, 3.05) is 13.2 Å². The predicted octanol–water partition coefficient (Wildman–Crippen LogP) is 4.67. The molecule has 5 rings (SSSR count). The molecule has 0 radical (unpaired) electrons. The van der Waals surface area contributed by atoms with Crippen LogP contribution in [0.3, 0.4) is 0 Å². The molecule has 2 aromatic rings. The van der Waals surface area contributed by atoms with E-state index in [9.17, 15) is 13.2 Å². The van der Waals surface area contributed by atoms with Crippen LogP contribution in [0.2, 0.25) is 0 Å². The molecule has 0 amide bonds. The number of sulfone groups is 1. The minimum atomic E-state index is -3.24. The van der Waals surface area contributed by atoms with E-state index in [2.05, 4.69) is 11.1 Å². The van der Waals surface area contributed by atoms with Gasteiger partial charge < -0.3 is 4.74 Å². The SMILES string of the molecule is O=C(Cc1nccs1)[C@H](CC1CCOCC1)c1ccc(S(=O)(=O)C2CC2)c(C2CC2)c1. The molecule has 31 heavy (non-hydrogen) atoms. The van der Waals surface area contributed by atoms with Gasteiger partial charge in [-0.1, -0.05) is 12.1 Å². The van der Waals surface area contributed by atoms with Crippen molar-refractivity contribution in [3.8, 4) is 0 Å². The highest BCUT2D eigenvalue weighted by Gasteiger charge is 2.40. The topological polar surface area (TPSA) is 73.3 Å². The number of ether oxygens (including phenoxy) is 1. The zero-order valence-corrected chi connectivity index (χ0v) is 19.3. The van der Waals surface area contributed by atoms with Crippen LogP contribution in [0.4, 0.5) is 0 Å². The third-order valence-corrected chi connectivity index (χ3v) is 9.94. The average molecular weight is 460 g/mol. The lowest BCUT2D eigenvalue weighted by atomic mass is 9.81. The van der Waals surface area contributed by atoms with Crippen LogP contribution in [0.15, 0.2) is 34.7 Å². The van der Waals surface area contributed by atoms with Crippen molar-refractivity contribution in [1.29, 1.82) is 0 Å². The van der Waals surface area contributed by atoms with Gasteiger partial charge in [0.2, 0.25) is 0 Å². The molecule has 1 aromatic carbocycles. The summed E-state index contributed by atoms with van der Waals surface area (Å²) >= 11 is 1.51. The molecule has 1 atom stereocenters. The first-order valence-corrected chi connectivity index (χ1v) is 13.8. The van der Waals surface area contributed by atoms with Gasteiger partial charge in [0.25, 0.3) is 0 Å². The summed E-state index contributed by atoms with van der Waals surface area (Å²) in [5.74, 6) is 0.739. The minimum Gasteiger partial charge on any atom is -0.381 e. The van der Waals surface area contributed by atoms with Crippen LogP contribution in [-0.4, -0.2) is 37.6 Å². The van der Waals surface area contributed by atoms with Crippen molar-refractivity contribution < 1.29 is 17.9 Å². The van der Waals surface area contributed by atoms with Gasteiger partial charge in [0, 0.05) is 30.7 Å². The van der Waals surface area contributed by atoms with E-state index in [0.717, 1.165) is 74.3 Å². The lowest BCUT2D eigenvalue weighted by Crippen LogP contribution is -2.23. The van der Waals surface area contributed by atoms with Crippen LogP contribution in [0.1, 0.15) is 72.9 Å². The third-order valence-electron chi connectivity index (χ3n) is 6.83. The molecule has 2 aliphatic carbocycles. The molecule has 1 saturated heterocycles. The molecule has 2 saturated carbocycles. The number of aromatic nitrogens is 1. The Labute approximate surface area is 188 Å². The Bertz CT molecular complexity index is 1030. The Balaban J connectivity index is 1.47. The Morgan fingerprint density at radius 3 is 2.55 bits per heavy atom. The first-order chi connectivity index (χ1) is 15.0. The van der Waals surface area contributed by atoms with Crippen LogP contribution >= 0.6 is 11.3 Å². The van der Waals surface area contributed by atoms with E-state index in [4.69, 9.17) is 4.74 Å². The summed E-state index contributed by atoms with van der Waals surface area (Å²) in [5, 5.41) is 2.54. The summed E-state index contributed by atoms with van der Waals surface area (Å²) in [5.41, 5.74) is 1.92. The standard InChI is InChI=1S/C24H29NO4S2/c26-22(15-24-25-9-12-30-24)20(13-16-7-10-29-11-8-16)18-3-6-23(21(14-18)17-1-2-17)31(27,28)19-4-5-19/h3,6,9,12,14,16-17,19-20H,1-2,4-5,7-8,10-11,13,15H2/t20-/m1/s1. The molecule has 166 valence electrons. The molecule has 1 aliphatic heterocycles. The fourth-order valence-electron chi connectivity index (χ4n) is 4.70. The third kappa shape index (κ3) is 4.78. The van der Waals surface area contributed by atoms with Gasteiger partial charge in [-0.25, -0.2) is 13.4 Å². The Kier molecular flexibility index (Phi) is 6.01. The highest BCUT2D eigenvalue weighted by Crippen LogP contribution is 2.46. The Morgan fingerprint density at radius 1 is 1.13 bits per heavy atom. The first-order valence-electron chi connectivity index (χ1n) is 11.4. The van der Waals surface area contributed by atoms with E-state index in [1.165, 1.54) is 11.3 Å². The number of hydrogen-bond donors (Lipinski definition) is 0. The molecule has 3 fully saturated rings. The van der Waals surface area contributed by atoms with Gasteiger partial charge in [0.1, 0.15) is 5.78 Å². The summed E-state index contributed by atoms with van der Waals surface area (Å²) in [4.78, 5) is 18.2. The number of thiazole rings is 1. The molecule has 0 spiro atoms. The summed E-state index contributed by atoms with van der Waals surface area (Å²) < 4.78 is 31.5. The molecule has 1 aromatic heterocycles. The maximum atomic E-state index is 13.4. The molecular weight excluding hydrogens is 430 g/mol. The Morgan fingerprint density at radius 2 is 1.90 bits per heavy atom. The second-order valence-electron chi connectivity index (χ2n) is 9.23. The number of carbonyl (C=O) groups excluding carboxylic acids is 1. The van der Waals surface area contributed by atoms with Gasteiger partial charge in [-0.05, 0) is 74.0 Å². The van der Waals surface area contributed by atoms with Gasteiger partial charge in [-0.3, -0.25) is 4.79 Å². The lowest BCUT2D eigenvalue weighted by Gasteiger charge is -2.27. The Hall–Kier alpha value is -1.57. The molecule has 7 heteroatoms. The van der Waals surface area contributed by atoms with Crippen molar-refractivity contribution in [1.82, 2.24) is 4.98 Å². The van der Waals surface area contributed by atoms with E-state index in [1.54, 1.807) is 12.3 Å². The van der Waals surface area contributed by atoms with Crippen LogP contribution in [0.25, 0.3) is 0 Å². The number of ketones is 1. The number of Topliss-reactive ketones (excluding diaryl/α,β-unsaturated/α-hetero) is 1. The van der Waals surface area contributed by atoms with Crippen molar-refractivity contribution in [3.63, 3.8) is 0 Å². The van der Waals surface area contributed by atoms with Gasteiger partial charge >= 0.3 is 0 Å². The highest BCUT2D eigenvalue weighted by atomic mass is 32.2. The van der Waals surface area contributed by atoms with Crippen molar-refractivity contribution in [2.24, 2.45) is 5.92 Å². The smallest absolute Gasteiger partial charge is 0.181 e. The minimum absolute atomic E-state index is 0.181. The van der Waals surface area contributed by atoms with Crippen molar-refractivity contribution in [2.45, 2.75) is 73.3 Å². The van der Waals surface area contributed by atoms with Crippen LogP contribution in [0.5, 0.6) is 0 Å². The largest absolute Gasteiger partial charge is 0.381 e. The van der Waals surface area contributed by atoms with Gasteiger partial charge in [-0.2, -0.15) is 0 Å². The second-order valence-corrected chi connectivity index (χ2v) is 12.4. The fourth-order valence-corrected chi connectivity index (χ4v) is 7.25. The number of carbonyl (C=O) groups is 1. The predicted molar refractivity (Wildman–Crippen MR) is 120 cm³/mol. The van der Waals surface area contributed by atoms with Gasteiger partial charge in [0.05, 0.1) is 21.6 Å². The van der Waals surface area contributed by atoms with E-state index < -0.39 is 9.84 Å². The summed E-state index contributed by atoms with van der Waals surface area (Å²) in [6.45, 7) is 1.51. The summed E-state index contributed by atoms with van der Waals surface area (Å²) in [7, 11) is -3.24. The number of nitrogens with zero attached hydrogens (tertiary/aromatic N) is 1. The van der Waals surface area contributed by atoms with Crippen molar-refractivity contribution in [3.05, 3.63) is 45.9 Å². The molecule has 2 heterocycles. The molecule has 0 N–H and O–H groups in total. The molecule has 5 nitrogen and oxygen atoms in total. The normalized spacial score (nSPS) is 21.2. The second kappa shape index (κ2) is 8.75. The lowest BCUT2D eigenvalue weighted by molar-refractivity contribution is -0.120. The maximum absolute atomic E-state index is 13.4. The monoisotopic (exact) mass is 459 g/mol. The van der Waals surface area contributed by atoms with Gasteiger partial charge in [-0.15, -0.1) is 11.3 Å². The quantitative estimate of drug-likeness (QED) is 0.545. The van der Waals surface area contributed by atoms with Crippen LogP contribution < -0.4 is 0 Å². The van der Waals surface area contributed by atoms with E-state index >= 15 is 0 Å². The zero-order valence-electron chi connectivity index (χ0n) is 17.7. The summed E-state index contributed by atoms with van der Waals surface area (Å²) in [6, 6.07) is 5.76. The average Bonchev–Trinajstić information content (AvgIpc) is 3.70. The van der Waals surface area contributed by atoms with Crippen LogP contribution in [0, 0.1) is 5.92 Å². The fraction of sp³-hybridized carbons (Fsp3) is 0.583. The van der Waals surface area contributed by atoms with Crippen LogP contribution in [-0.2, 0) is 25.8 Å². The molecule has 3 aliphatic rings. The number of hydrogen-bond acceptors (Lipinski definition) is 6. The summed E-state index contributed by atoms with van der Waals surface area (Å²) in [6.07, 6.45) is 8.44. The maximum Gasteiger partial charge on any atom is 0.181 e. The molecular formula is C24H29NO4S2. The van der Waals surface area contributed by atoms with E-state index in [0.29, 0.717) is 23.2 Å². The van der Waals surface area contributed by atoms with Gasteiger partial charge in [0.15, 0.2) is 9.84 Å². The number of benzene rings is 1. The first kappa shape index (κ1) is 21.3.